The maximum absolute atomic E-state index is 12.3. The Balaban J connectivity index is 2.03. The number of aromatic nitrogens is 2. The summed E-state index contributed by atoms with van der Waals surface area (Å²) in [6, 6.07) is 11.4. The minimum absolute atomic E-state index is 0.0234. The van der Waals surface area contributed by atoms with E-state index in [1.54, 1.807) is 20.4 Å². The zero-order valence-corrected chi connectivity index (χ0v) is 15.8. The average Bonchev–Trinajstić information content (AvgIpc) is 2.73. The zero-order chi connectivity index (χ0) is 19.9. The Hall–Kier alpha value is -3.23. The van der Waals surface area contributed by atoms with Crippen LogP contribution in [0.2, 0.25) is 0 Å². The van der Waals surface area contributed by atoms with Crippen LogP contribution in [-0.4, -0.2) is 54.8 Å². The minimum Gasteiger partial charge on any atom is -0.497 e. The van der Waals surface area contributed by atoms with Gasteiger partial charge in [-0.25, -0.2) is 9.97 Å². The molecule has 0 spiro atoms. The predicted octanol–water partition coefficient (Wildman–Crippen LogP) is 1.87. The fraction of sp³-hybridized carbons (Fsp3) is 0.250. The van der Waals surface area contributed by atoms with Crippen LogP contribution in [0.15, 0.2) is 42.6 Å². The quantitative estimate of drug-likeness (QED) is 0.441. The van der Waals surface area contributed by atoms with Crippen molar-refractivity contribution in [3.8, 4) is 17.0 Å². The van der Waals surface area contributed by atoms with Crippen LogP contribution in [0.3, 0.4) is 0 Å². The van der Waals surface area contributed by atoms with Gasteiger partial charge in [-0.15, -0.1) is 0 Å². The normalized spacial score (nSPS) is 10.7. The highest BCUT2D eigenvalue weighted by Crippen LogP contribution is 2.33. The van der Waals surface area contributed by atoms with Gasteiger partial charge in [0.15, 0.2) is 0 Å². The third-order valence-corrected chi connectivity index (χ3v) is 4.18. The lowest BCUT2D eigenvalue weighted by atomic mass is 10.0. The molecule has 1 aromatic heterocycles. The van der Waals surface area contributed by atoms with Crippen LogP contribution in [0.4, 0.5) is 11.6 Å². The highest BCUT2D eigenvalue weighted by Gasteiger charge is 2.11. The van der Waals surface area contributed by atoms with Gasteiger partial charge >= 0.3 is 0 Å². The lowest BCUT2D eigenvalue weighted by Crippen LogP contribution is -2.30. The molecule has 2 aromatic carbocycles. The summed E-state index contributed by atoms with van der Waals surface area (Å²) >= 11 is 0. The van der Waals surface area contributed by atoms with E-state index in [-0.39, 0.29) is 19.1 Å². The van der Waals surface area contributed by atoms with Crippen LogP contribution in [0.1, 0.15) is 0 Å². The van der Waals surface area contributed by atoms with E-state index >= 15 is 0 Å². The Kier molecular flexibility index (Phi) is 6.36. The number of aliphatic hydroxyl groups is 1. The van der Waals surface area contributed by atoms with Crippen molar-refractivity contribution in [2.45, 2.75) is 0 Å². The van der Waals surface area contributed by atoms with Crippen molar-refractivity contribution in [2.75, 3.05) is 44.5 Å². The van der Waals surface area contributed by atoms with Crippen LogP contribution in [0.25, 0.3) is 22.0 Å². The van der Waals surface area contributed by atoms with Gasteiger partial charge in [-0.3, -0.25) is 4.79 Å². The summed E-state index contributed by atoms with van der Waals surface area (Å²) in [6.07, 6.45) is 1.68. The summed E-state index contributed by atoms with van der Waals surface area (Å²) in [5.74, 6) is 1.02. The molecule has 0 saturated heterocycles. The van der Waals surface area contributed by atoms with Crippen molar-refractivity contribution in [1.29, 1.82) is 0 Å². The molecule has 0 aliphatic heterocycles. The van der Waals surface area contributed by atoms with Crippen LogP contribution >= 0.6 is 0 Å². The molecule has 0 unspecified atom stereocenters. The summed E-state index contributed by atoms with van der Waals surface area (Å²) in [6.45, 7) is 0.438. The number of benzene rings is 2. The maximum Gasteiger partial charge on any atom is 0.238 e. The van der Waals surface area contributed by atoms with Gasteiger partial charge in [-0.2, -0.15) is 0 Å². The molecular weight excluding hydrogens is 358 g/mol. The van der Waals surface area contributed by atoms with Crippen LogP contribution in [0, 0.1) is 0 Å². The SMILES string of the molecule is CNc1nccc(-c2cc(NC(=O)CNCCO)c3cc(OC)ccc3c2)n1. The molecule has 0 atom stereocenters. The van der Waals surface area contributed by atoms with Gasteiger partial charge in [-0.05, 0) is 35.7 Å². The molecular formula is C20H23N5O3. The molecule has 3 rings (SSSR count). The van der Waals surface area contributed by atoms with Crippen LogP contribution in [0.5, 0.6) is 5.75 Å². The summed E-state index contributed by atoms with van der Waals surface area (Å²) in [7, 11) is 3.36. The molecule has 146 valence electrons. The largest absolute Gasteiger partial charge is 0.497 e. The fourth-order valence-electron chi connectivity index (χ4n) is 2.83. The van der Waals surface area contributed by atoms with Crippen molar-refractivity contribution in [3.05, 3.63) is 42.6 Å². The van der Waals surface area contributed by atoms with E-state index in [2.05, 4.69) is 25.9 Å². The summed E-state index contributed by atoms with van der Waals surface area (Å²) in [5.41, 5.74) is 2.26. The first-order valence-electron chi connectivity index (χ1n) is 8.89. The molecule has 8 nitrogen and oxygen atoms in total. The van der Waals surface area contributed by atoms with E-state index in [4.69, 9.17) is 9.84 Å². The molecule has 0 aliphatic carbocycles. The smallest absolute Gasteiger partial charge is 0.238 e. The first-order valence-corrected chi connectivity index (χ1v) is 8.89. The Labute approximate surface area is 163 Å². The van der Waals surface area contributed by atoms with E-state index in [0.29, 0.717) is 23.9 Å². The number of carbonyl (C=O) groups excluding carboxylic acids is 1. The molecule has 3 aromatic rings. The second kappa shape index (κ2) is 9.12. The standard InChI is InChI=1S/C20H23N5O3/c1-21-20-23-6-5-17(25-20)14-9-13-3-4-15(28-2)11-16(13)18(10-14)24-19(27)12-22-7-8-26/h3-6,9-11,22,26H,7-8,12H2,1-2H3,(H,24,27)(H,21,23,25). The molecule has 4 N–H and O–H groups in total. The number of rotatable bonds is 8. The molecule has 0 bridgehead atoms. The Morgan fingerprint density at radius 3 is 2.82 bits per heavy atom. The highest BCUT2D eigenvalue weighted by molar-refractivity contribution is 6.05. The third kappa shape index (κ3) is 4.54. The monoisotopic (exact) mass is 381 g/mol. The van der Waals surface area contributed by atoms with Crippen molar-refractivity contribution < 1.29 is 14.6 Å². The molecule has 28 heavy (non-hydrogen) atoms. The van der Waals surface area contributed by atoms with E-state index in [1.807, 2.05) is 36.4 Å². The van der Waals surface area contributed by atoms with E-state index in [1.165, 1.54) is 0 Å². The lowest BCUT2D eigenvalue weighted by Gasteiger charge is -2.13. The van der Waals surface area contributed by atoms with E-state index in [9.17, 15) is 4.79 Å². The van der Waals surface area contributed by atoms with Gasteiger partial charge in [0.05, 0.1) is 26.0 Å². The Morgan fingerprint density at radius 1 is 1.21 bits per heavy atom. The molecule has 0 radical (unpaired) electrons. The minimum atomic E-state index is -0.201. The highest BCUT2D eigenvalue weighted by atomic mass is 16.5. The number of anilines is 2. The average molecular weight is 381 g/mol. The van der Waals surface area contributed by atoms with Crippen molar-refractivity contribution in [2.24, 2.45) is 0 Å². The van der Waals surface area contributed by atoms with Gasteiger partial charge in [0, 0.05) is 36.4 Å². The summed E-state index contributed by atoms with van der Waals surface area (Å²) in [4.78, 5) is 20.9. The molecule has 1 heterocycles. The van der Waals surface area contributed by atoms with Gasteiger partial charge in [0.1, 0.15) is 5.75 Å². The topological polar surface area (TPSA) is 108 Å². The van der Waals surface area contributed by atoms with Crippen molar-refractivity contribution in [1.82, 2.24) is 15.3 Å². The Morgan fingerprint density at radius 2 is 2.07 bits per heavy atom. The van der Waals surface area contributed by atoms with Gasteiger partial charge in [0.25, 0.3) is 0 Å². The fourth-order valence-corrected chi connectivity index (χ4v) is 2.83. The first-order chi connectivity index (χ1) is 13.6. The van der Waals surface area contributed by atoms with Gasteiger partial charge in [-0.1, -0.05) is 6.07 Å². The van der Waals surface area contributed by atoms with Crippen molar-refractivity contribution >= 4 is 28.3 Å². The second-order valence-corrected chi connectivity index (χ2v) is 6.07. The number of fused-ring (bicyclic) bond motifs is 1. The summed E-state index contributed by atoms with van der Waals surface area (Å²) in [5, 5.41) is 19.4. The molecule has 0 saturated carbocycles. The molecule has 8 heteroatoms. The molecule has 0 aliphatic rings. The maximum atomic E-state index is 12.3. The number of aliphatic hydroxyl groups excluding tert-OH is 1. The lowest BCUT2D eigenvalue weighted by molar-refractivity contribution is -0.115. The number of carbonyl (C=O) groups is 1. The van der Waals surface area contributed by atoms with Gasteiger partial charge in [0.2, 0.25) is 11.9 Å². The Bertz CT molecular complexity index is 977. The molecule has 0 fully saturated rings. The number of hydrogen-bond donors (Lipinski definition) is 4. The van der Waals surface area contributed by atoms with Crippen LogP contribution < -0.4 is 20.7 Å². The number of nitrogens with one attached hydrogen (secondary N) is 3. The number of hydrogen-bond acceptors (Lipinski definition) is 7. The second-order valence-electron chi connectivity index (χ2n) is 6.07. The summed E-state index contributed by atoms with van der Waals surface area (Å²) < 4.78 is 5.33. The number of ether oxygens (including phenoxy) is 1. The zero-order valence-electron chi connectivity index (χ0n) is 15.8. The number of amides is 1. The number of nitrogens with zero attached hydrogens (tertiary/aromatic N) is 2. The molecule has 1 amide bonds. The van der Waals surface area contributed by atoms with E-state index in [0.717, 1.165) is 22.0 Å². The van der Waals surface area contributed by atoms with E-state index < -0.39 is 0 Å². The van der Waals surface area contributed by atoms with Crippen molar-refractivity contribution in [3.63, 3.8) is 0 Å². The van der Waals surface area contributed by atoms with Crippen LogP contribution in [-0.2, 0) is 4.79 Å². The first kappa shape index (κ1) is 19.5. The predicted molar refractivity (Wildman–Crippen MR) is 110 cm³/mol. The van der Waals surface area contributed by atoms with Gasteiger partial charge < -0.3 is 25.8 Å². The third-order valence-electron chi connectivity index (χ3n) is 4.18. The number of methoxy groups -OCH3 is 1.